The second-order valence-corrected chi connectivity index (χ2v) is 8.48. The Labute approximate surface area is 184 Å². The van der Waals surface area contributed by atoms with Gasteiger partial charge in [-0.1, -0.05) is 30.3 Å². The Morgan fingerprint density at radius 2 is 1.58 bits per heavy atom. The number of likely N-dealkylation sites (tertiary alicyclic amines) is 1. The molecule has 2 amide bonds. The van der Waals surface area contributed by atoms with Crippen LogP contribution in [0.2, 0.25) is 0 Å². The molecule has 1 atom stereocenters. The number of rotatable bonds is 6. The number of carbonyl (C=O) groups is 2. The summed E-state index contributed by atoms with van der Waals surface area (Å²) in [6, 6.07) is 17.7. The Kier molecular flexibility index (Phi) is 6.87. The Balaban J connectivity index is 1.22. The van der Waals surface area contributed by atoms with Crippen molar-refractivity contribution in [2.75, 3.05) is 46.4 Å². The summed E-state index contributed by atoms with van der Waals surface area (Å²) in [7, 11) is 1.61. The standard InChI is InChI=1S/C25H31N3O3/c1-31-23-9-7-22(8-10-23)25(30)28-15-13-27(14-16-28)24(29)17-21-11-12-26(19-21)18-20-5-3-2-4-6-20/h2-10,21H,11-19H2,1H3. The molecule has 0 aliphatic carbocycles. The van der Waals surface area contributed by atoms with Gasteiger partial charge in [0.2, 0.25) is 5.91 Å². The van der Waals surface area contributed by atoms with Crippen molar-refractivity contribution < 1.29 is 14.3 Å². The van der Waals surface area contributed by atoms with Crippen molar-refractivity contribution in [3.63, 3.8) is 0 Å². The summed E-state index contributed by atoms with van der Waals surface area (Å²) in [5.74, 6) is 1.40. The van der Waals surface area contributed by atoms with Gasteiger partial charge in [0.25, 0.3) is 5.91 Å². The molecular formula is C25H31N3O3. The number of hydrogen-bond acceptors (Lipinski definition) is 4. The molecule has 0 N–H and O–H groups in total. The van der Waals surface area contributed by atoms with Crippen LogP contribution in [-0.2, 0) is 11.3 Å². The van der Waals surface area contributed by atoms with E-state index in [2.05, 4.69) is 29.2 Å². The van der Waals surface area contributed by atoms with Gasteiger partial charge < -0.3 is 14.5 Å². The summed E-state index contributed by atoms with van der Waals surface area (Å²) < 4.78 is 5.15. The van der Waals surface area contributed by atoms with Crippen LogP contribution in [0.3, 0.4) is 0 Å². The number of carbonyl (C=O) groups excluding carboxylic acids is 2. The quantitative estimate of drug-likeness (QED) is 0.720. The SMILES string of the molecule is COc1ccc(C(=O)N2CCN(C(=O)CC3CCN(Cc4ccccc4)C3)CC2)cc1. The molecule has 2 aromatic carbocycles. The zero-order valence-electron chi connectivity index (χ0n) is 18.2. The largest absolute Gasteiger partial charge is 0.497 e. The van der Waals surface area contributed by atoms with Crippen LogP contribution >= 0.6 is 0 Å². The number of piperazine rings is 1. The van der Waals surface area contributed by atoms with Crippen molar-refractivity contribution in [3.8, 4) is 5.75 Å². The smallest absolute Gasteiger partial charge is 0.253 e. The summed E-state index contributed by atoms with van der Waals surface area (Å²) >= 11 is 0. The van der Waals surface area contributed by atoms with Gasteiger partial charge in [0, 0.05) is 51.3 Å². The van der Waals surface area contributed by atoms with Gasteiger partial charge in [0.15, 0.2) is 0 Å². The number of amides is 2. The Morgan fingerprint density at radius 1 is 0.903 bits per heavy atom. The second-order valence-electron chi connectivity index (χ2n) is 8.48. The van der Waals surface area contributed by atoms with Gasteiger partial charge in [-0.05, 0) is 48.7 Å². The van der Waals surface area contributed by atoms with E-state index in [-0.39, 0.29) is 11.8 Å². The minimum absolute atomic E-state index is 0.0158. The first-order valence-electron chi connectivity index (χ1n) is 11.1. The number of benzene rings is 2. The van der Waals surface area contributed by atoms with Gasteiger partial charge in [-0.15, -0.1) is 0 Å². The monoisotopic (exact) mass is 421 g/mol. The van der Waals surface area contributed by atoms with Gasteiger partial charge in [0.1, 0.15) is 5.75 Å². The maximum atomic E-state index is 12.8. The molecule has 0 bridgehead atoms. The fourth-order valence-electron chi connectivity index (χ4n) is 4.52. The highest BCUT2D eigenvalue weighted by atomic mass is 16.5. The third kappa shape index (κ3) is 5.44. The zero-order valence-corrected chi connectivity index (χ0v) is 18.2. The van der Waals surface area contributed by atoms with Gasteiger partial charge >= 0.3 is 0 Å². The van der Waals surface area contributed by atoms with E-state index in [4.69, 9.17) is 4.74 Å². The van der Waals surface area contributed by atoms with E-state index in [1.807, 2.05) is 15.9 Å². The molecule has 6 heteroatoms. The molecule has 0 radical (unpaired) electrons. The van der Waals surface area contributed by atoms with E-state index in [1.165, 1.54) is 5.56 Å². The first kappa shape index (κ1) is 21.4. The number of nitrogens with zero attached hydrogens (tertiary/aromatic N) is 3. The summed E-state index contributed by atoms with van der Waals surface area (Å²) in [5, 5.41) is 0. The molecule has 0 aromatic heterocycles. The van der Waals surface area contributed by atoms with Crippen molar-refractivity contribution in [2.24, 2.45) is 5.92 Å². The van der Waals surface area contributed by atoms with Crippen LogP contribution in [0.1, 0.15) is 28.8 Å². The maximum absolute atomic E-state index is 12.8. The van der Waals surface area contributed by atoms with Crippen molar-refractivity contribution in [3.05, 3.63) is 65.7 Å². The molecule has 164 valence electrons. The number of methoxy groups -OCH3 is 1. The first-order chi connectivity index (χ1) is 15.1. The molecule has 31 heavy (non-hydrogen) atoms. The van der Waals surface area contributed by atoms with Crippen molar-refractivity contribution in [1.29, 1.82) is 0 Å². The van der Waals surface area contributed by atoms with E-state index in [0.29, 0.717) is 44.1 Å². The molecule has 1 unspecified atom stereocenters. The Bertz CT molecular complexity index is 877. The van der Waals surface area contributed by atoms with Crippen molar-refractivity contribution in [1.82, 2.24) is 14.7 Å². The Hall–Kier alpha value is -2.86. The highest BCUT2D eigenvalue weighted by molar-refractivity contribution is 5.94. The lowest BCUT2D eigenvalue weighted by atomic mass is 10.0. The lowest BCUT2D eigenvalue weighted by Crippen LogP contribution is -2.50. The predicted octanol–water partition coefficient (Wildman–Crippen LogP) is 2.89. The molecule has 4 rings (SSSR count). The third-order valence-corrected chi connectivity index (χ3v) is 6.34. The van der Waals surface area contributed by atoms with Crippen molar-refractivity contribution in [2.45, 2.75) is 19.4 Å². The average Bonchev–Trinajstić information content (AvgIpc) is 3.26. The minimum atomic E-state index is 0.0158. The molecule has 6 nitrogen and oxygen atoms in total. The first-order valence-corrected chi connectivity index (χ1v) is 11.1. The average molecular weight is 422 g/mol. The van der Waals surface area contributed by atoms with Crippen LogP contribution in [0.5, 0.6) is 5.75 Å². The van der Waals surface area contributed by atoms with Crippen LogP contribution in [0.25, 0.3) is 0 Å². The van der Waals surface area contributed by atoms with Gasteiger partial charge in [-0.2, -0.15) is 0 Å². The van der Waals surface area contributed by atoms with Gasteiger partial charge in [0.05, 0.1) is 7.11 Å². The molecule has 0 spiro atoms. The zero-order chi connectivity index (χ0) is 21.6. The lowest BCUT2D eigenvalue weighted by Gasteiger charge is -2.35. The summed E-state index contributed by atoms with van der Waals surface area (Å²) in [6.45, 7) is 5.39. The topological polar surface area (TPSA) is 53.1 Å². The summed E-state index contributed by atoms with van der Waals surface area (Å²) in [6.07, 6.45) is 1.69. The molecule has 2 heterocycles. The molecule has 2 saturated heterocycles. The van der Waals surface area contributed by atoms with E-state index >= 15 is 0 Å². The van der Waals surface area contributed by atoms with Crippen LogP contribution in [-0.4, -0.2) is 72.9 Å². The second kappa shape index (κ2) is 9.96. The minimum Gasteiger partial charge on any atom is -0.497 e. The third-order valence-electron chi connectivity index (χ3n) is 6.34. The van der Waals surface area contributed by atoms with E-state index in [0.717, 1.165) is 31.8 Å². The van der Waals surface area contributed by atoms with Crippen LogP contribution in [0, 0.1) is 5.92 Å². The number of ether oxygens (including phenoxy) is 1. The fraction of sp³-hybridized carbons (Fsp3) is 0.440. The normalized spacial score (nSPS) is 19.5. The molecule has 2 aromatic rings. The number of hydrogen-bond donors (Lipinski definition) is 0. The van der Waals surface area contributed by atoms with Gasteiger partial charge in [-0.3, -0.25) is 14.5 Å². The summed E-state index contributed by atoms with van der Waals surface area (Å²) in [5.41, 5.74) is 1.98. The van der Waals surface area contributed by atoms with E-state index in [1.54, 1.807) is 31.4 Å². The van der Waals surface area contributed by atoms with Crippen LogP contribution < -0.4 is 4.74 Å². The van der Waals surface area contributed by atoms with Crippen LogP contribution in [0.15, 0.2) is 54.6 Å². The molecule has 2 fully saturated rings. The van der Waals surface area contributed by atoms with Crippen molar-refractivity contribution >= 4 is 11.8 Å². The summed E-state index contributed by atoms with van der Waals surface area (Å²) in [4.78, 5) is 31.8. The van der Waals surface area contributed by atoms with Gasteiger partial charge in [-0.25, -0.2) is 0 Å². The molecule has 0 saturated carbocycles. The fourth-order valence-corrected chi connectivity index (χ4v) is 4.52. The highest BCUT2D eigenvalue weighted by Crippen LogP contribution is 2.23. The van der Waals surface area contributed by atoms with E-state index in [9.17, 15) is 9.59 Å². The van der Waals surface area contributed by atoms with E-state index < -0.39 is 0 Å². The maximum Gasteiger partial charge on any atom is 0.253 e. The Morgan fingerprint density at radius 3 is 2.26 bits per heavy atom. The lowest BCUT2D eigenvalue weighted by molar-refractivity contribution is -0.133. The molecular weight excluding hydrogens is 390 g/mol. The molecule has 2 aliphatic rings. The predicted molar refractivity (Wildman–Crippen MR) is 120 cm³/mol. The highest BCUT2D eigenvalue weighted by Gasteiger charge is 2.29. The molecule has 2 aliphatic heterocycles. The van der Waals surface area contributed by atoms with Crippen LogP contribution in [0.4, 0.5) is 0 Å².